The average molecular weight is 375 g/mol. The van der Waals surface area contributed by atoms with Crippen molar-refractivity contribution in [3.8, 4) is 5.75 Å². The lowest BCUT2D eigenvalue weighted by Crippen LogP contribution is -2.19. The first-order valence-corrected chi connectivity index (χ1v) is 8.23. The SMILES string of the molecule is CCCOc1ccc(C(=O)N/N=C(\C)c2ccc(Br)cc2)cc1. The third-order valence-corrected chi connectivity index (χ3v) is 3.71. The first-order valence-electron chi connectivity index (χ1n) is 7.43. The second kappa shape index (κ2) is 8.48. The van der Waals surface area contributed by atoms with Gasteiger partial charge in [-0.2, -0.15) is 5.10 Å². The molecule has 0 atom stereocenters. The third-order valence-electron chi connectivity index (χ3n) is 3.18. The Bertz CT molecular complexity index is 679. The van der Waals surface area contributed by atoms with Crippen LogP contribution in [-0.4, -0.2) is 18.2 Å². The van der Waals surface area contributed by atoms with Crippen molar-refractivity contribution in [2.45, 2.75) is 20.3 Å². The van der Waals surface area contributed by atoms with E-state index in [1.165, 1.54) is 0 Å². The largest absolute Gasteiger partial charge is 0.494 e. The molecule has 0 aliphatic heterocycles. The predicted molar refractivity (Wildman–Crippen MR) is 96.0 cm³/mol. The maximum absolute atomic E-state index is 12.1. The number of amides is 1. The van der Waals surface area contributed by atoms with Crippen molar-refractivity contribution in [3.63, 3.8) is 0 Å². The number of rotatable bonds is 6. The number of hydrogen-bond donors (Lipinski definition) is 1. The molecule has 0 aromatic heterocycles. The summed E-state index contributed by atoms with van der Waals surface area (Å²) in [6.07, 6.45) is 0.951. The monoisotopic (exact) mass is 374 g/mol. The zero-order valence-corrected chi connectivity index (χ0v) is 14.8. The minimum atomic E-state index is -0.247. The van der Waals surface area contributed by atoms with Gasteiger partial charge in [-0.15, -0.1) is 0 Å². The fourth-order valence-electron chi connectivity index (χ4n) is 1.88. The molecule has 0 saturated heterocycles. The zero-order chi connectivity index (χ0) is 16.7. The average Bonchev–Trinajstić information content (AvgIpc) is 2.58. The van der Waals surface area contributed by atoms with Gasteiger partial charge in [-0.05, 0) is 55.3 Å². The lowest BCUT2D eigenvalue weighted by Gasteiger charge is -2.06. The van der Waals surface area contributed by atoms with Crippen molar-refractivity contribution in [1.82, 2.24) is 5.43 Å². The topological polar surface area (TPSA) is 50.7 Å². The number of nitrogens with one attached hydrogen (secondary N) is 1. The molecule has 0 aliphatic carbocycles. The fraction of sp³-hybridized carbons (Fsp3) is 0.222. The van der Waals surface area contributed by atoms with Gasteiger partial charge in [0.1, 0.15) is 5.75 Å². The van der Waals surface area contributed by atoms with Crippen molar-refractivity contribution < 1.29 is 9.53 Å². The highest BCUT2D eigenvalue weighted by atomic mass is 79.9. The van der Waals surface area contributed by atoms with Crippen LogP contribution in [0.15, 0.2) is 58.1 Å². The van der Waals surface area contributed by atoms with Crippen molar-refractivity contribution in [2.24, 2.45) is 5.10 Å². The Labute approximate surface area is 144 Å². The van der Waals surface area contributed by atoms with Gasteiger partial charge in [-0.25, -0.2) is 5.43 Å². The summed E-state index contributed by atoms with van der Waals surface area (Å²) in [5, 5.41) is 4.14. The molecule has 0 radical (unpaired) electrons. The van der Waals surface area contributed by atoms with E-state index in [9.17, 15) is 4.79 Å². The third kappa shape index (κ3) is 5.21. The fourth-order valence-corrected chi connectivity index (χ4v) is 2.14. The maximum Gasteiger partial charge on any atom is 0.271 e. The van der Waals surface area contributed by atoms with Crippen LogP contribution in [0.3, 0.4) is 0 Å². The molecule has 120 valence electrons. The molecule has 4 nitrogen and oxygen atoms in total. The number of carbonyl (C=O) groups excluding carboxylic acids is 1. The van der Waals surface area contributed by atoms with Gasteiger partial charge < -0.3 is 4.74 Å². The van der Waals surface area contributed by atoms with E-state index in [2.05, 4.69) is 26.5 Å². The maximum atomic E-state index is 12.1. The van der Waals surface area contributed by atoms with E-state index in [1.54, 1.807) is 24.3 Å². The highest BCUT2D eigenvalue weighted by molar-refractivity contribution is 9.10. The first-order chi connectivity index (χ1) is 11.1. The number of halogens is 1. The van der Waals surface area contributed by atoms with Crippen molar-refractivity contribution in [1.29, 1.82) is 0 Å². The number of hydrogen-bond acceptors (Lipinski definition) is 3. The second-order valence-electron chi connectivity index (χ2n) is 5.02. The van der Waals surface area contributed by atoms with Crippen LogP contribution in [0.2, 0.25) is 0 Å². The molecule has 0 unspecified atom stereocenters. The predicted octanol–water partition coefficient (Wildman–Crippen LogP) is 4.39. The van der Waals surface area contributed by atoms with Gasteiger partial charge in [0.2, 0.25) is 0 Å². The normalized spacial score (nSPS) is 11.2. The number of hydrazone groups is 1. The first kappa shape index (κ1) is 17.2. The summed E-state index contributed by atoms with van der Waals surface area (Å²) in [6.45, 7) is 4.57. The molecule has 0 aliphatic rings. The van der Waals surface area contributed by atoms with E-state index in [0.717, 1.165) is 27.9 Å². The Kier molecular flexibility index (Phi) is 6.35. The van der Waals surface area contributed by atoms with Crippen molar-refractivity contribution in [2.75, 3.05) is 6.61 Å². The summed E-state index contributed by atoms with van der Waals surface area (Å²) >= 11 is 3.39. The highest BCUT2D eigenvalue weighted by Crippen LogP contribution is 2.13. The quantitative estimate of drug-likeness (QED) is 0.601. The zero-order valence-electron chi connectivity index (χ0n) is 13.2. The van der Waals surface area contributed by atoms with E-state index in [0.29, 0.717) is 12.2 Å². The smallest absolute Gasteiger partial charge is 0.271 e. The van der Waals surface area contributed by atoms with E-state index in [-0.39, 0.29) is 5.91 Å². The van der Waals surface area contributed by atoms with Gasteiger partial charge in [0.25, 0.3) is 5.91 Å². The van der Waals surface area contributed by atoms with E-state index in [4.69, 9.17) is 4.74 Å². The van der Waals surface area contributed by atoms with Crippen molar-refractivity contribution >= 4 is 27.5 Å². The lowest BCUT2D eigenvalue weighted by atomic mass is 10.1. The number of carbonyl (C=O) groups is 1. The highest BCUT2D eigenvalue weighted by Gasteiger charge is 2.05. The molecule has 2 aromatic carbocycles. The molecule has 0 saturated carbocycles. The molecule has 1 amide bonds. The molecule has 0 heterocycles. The number of benzene rings is 2. The summed E-state index contributed by atoms with van der Waals surface area (Å²) in [5.41, 5.74) is 4.81. The van der Waals surface area contributed by atoms with Crippen LogP contribution < -0.4 is 10.2 Å². The molecule has 23 heavy (non-hydrogen) atoms. The van der Waals surface area contributed by atoms with Crippen molar-refractivity contribution in [3.05, 3.63) is 64.1 Å². The van der Waals surface area contributed by atoms with Gasteiger partial charge in [-0.1, -0.05) is 35.0 Å². The molecule has 0 fully saturated rings. The molecule has 5 heteroatoms. The van der Waals surface area contributed by atoms with Crippen LogP contribution in [-0.2, 0) is 0 Å². The molecular weight excluding hydrogens is 356 g/mol. The van der Waals surface area contributed by atoms with Crippen LogP contribution in [0.4, 0.5) is 0 Å². The standard InChI is InChI=1S/C18H19BrN2O2/c1-3-12-23-17-10-6-15(7-11-17)18(22)21-20-13(2)14-4-8-16(19)9-5-14/h4-11H,3,12H2,1-2H3,(H,21,22)/b20-13+. The van der Waals surface area contributed by atoms with Crippen LogP contribution in [0.1, 0.15) is 36.2 Å². The summed E-state index contributed by atoms with van der Waals surface area (Å²) in [6, 6.07) is 14.8. The van der Waals surface area contributed by atoms with Crippen LogP contribution >= 0.6 is 15.9 Å². The number of ether oxygens (including phenoxy) is 1. The molecular formula is C18H19BrN2O2. The molecule has 0 bridgehead atoms. The summed E-state index contributed by atoms with van der Waals surface area (Å²) in [5.74, 6) is 0.515. The summed E-state index contributed by atoms with van der Waals surface area (Å²) < 4.78 is 6.50. The van der Waals surface area contributed by atoms with Gasteiger partial charge >= 0.3 is 0 Å². The molecule has 0 spiro atoms. The van der Waals surface area contributed by atoms with E-state index >= 15 is 0 Å². The molecule has 2 rings (SSSR count). The summed E-state index contributed by atoms with van der Waals surface area (Å²) in [4.78, 5) is 12.1. The van der Waals surface area contributed by atoms with Gasteiger partial charge in [0.15, 0.2) is 0 Å². The van der Waals surface area contributed by atoms with Crippen LogP contribution in [0.25, 0.3) is 0 Å². The van der Waals surface area contributed by atoms with Crippen LogP contribution in [0.5, 0.6) is 5.75 Å². The van der Waals surface area contributed by atoms with Gasteiger partial charge in [0.05, 0.1) is 12.3 Å². The summed E-state index contributed by atoms with van der Waals surface area (Å²) in [7, 11) is 0. The van der Waals surface area contributed by atoms with Gasteiger partial charge in [0, 0.05) is 10.0 Å². The Morgan fingerprint density at radius 2 is 1.70 bits per heavy atom. The Hall–Kier alpha value is -2.14. The molecule has 1 N–H and O–H groups in total. The minimum absolute atomic E-state index is 0.247. The molecule has 2 aromatic rings. The van der Waals surface area contributed by atoms with Crippen LogP contribution in [0, 0.1) is 0 Å². The van der Waals surface area contributed by atoms with E-state index in [1.807, 2.05) is 38.1 Å². The lowest BCUT2D eigenvalue weighted by molar-refractivity contribution is 0.0955. The van der Waals surface area contributed by atoms with Gasteiger partial charge in [-0.3, -0.25) is 4.79 Å². The Morgan fingerprint density at radius 1 is 1.09 bits per heavy atom. The number of nitrogens with zero attached hydrogens (tertiary/aromatic N) is 1. The second-order valence-corrected chi connectivity index (χ2v) is 5.93. The van der Waals surface area contributed by atoms with E-state index < -0.39 is 0 Å². The Balaban J connectivity index is 1.98. The Morgan fingerprint density at radius 3 is 2.30 bits per heavy atom. The minimum Gasteiger partial charge on any atom is -0.494 e.